The lowest BCUT2D eigenvalue weighted by Crippen LogP contribution is -2.17. The fourth-order valence-corrected chi connectivity index (χ4v) is 2.88. The van der Waals surface area contributed by atoms with Gasteiger partial charge in [0, 0.05) is 22.1 Å². The fraction of sp³-hybridized carbons (Fsp3) is 0.308. The second-order valence-electron chi connectivity index (χ2n) is 4.21. The molecule has 2 aromatic rings. The molecule has 0 N–H and O–H groups in total. The molecular formula is C13H15ClN2S. The lowest BCUT2D eigenvalue weighted by Gasteiger charge is -2.09. The number of nitrogens with zero attached hydrogens (tertiary/aromatic N) is 2. The summed E-state index contributed by atoms with van der Waals surface area (Å²) in [6.07, 6.45) is 0. The van der Waals surface area contributed by atoms with Crippen molar-refractivity contribution >= 4 is 28.6 Å². The lowest BCUT2D eigenvalue weighted by molar-refractivity contribution is 0.570. The first-order valence-corrected chi connectivity index (χ1v) is 6.80. The van der Waals surface area contributed by atoms with E-state index in [-0.39, 0.29) is 0 Å². The normalized spacial score (nSPS) is 12.4. The third-order valence-electron chi connectivity index (χ3n) is 2.49. The van der Waals surface area contributed by atoms with Crippen LogP contribution < -0.4 is 4.80 Å². The molecule has 1 aromatic heterocycles. The van der Waals surface area contributed by atoms with Crippen molar-refractivity contribution in [3.63, 3.8) is 0 Å². The molecule has 0 bridgehead atoms. The van der Waals surface area contributed by atoms with E-state index in [0.717, 1.165) is 15.5 Å². The highest BCUT2D eigenvalue weighted by Gasteiger charge is 2.04. The van der Waals surface area contributed by atoms with Crippen molar-refractivity contribution in [2.24, 2.45) is 4.99 Å². The number of hydrogen-bond donors (Lipinski definition) is 0. The highest BCUT2D eigenvalue weighted by Crippen LogP contribution is 2.16. The Kier molecular flexibility index (Phi) is 3.69. The van der Waals surface area contributed by atoms with Crippen LogP contribution in [0.2, 0.25) is 5.02 Å². The minimum absolute atomic E-state index is 0.423. The summed E-state index contributed by atoms with van der Waals surface area (Å²) in [7, 11) is 0. The Morgan fingerprint density at radius 2 is 1.88 bits per heavy atom. The standard InChI is InChI=1S/C13H15ClN2S/c1-9(2)16-10(3)8-17-13(16)15-12-6-4-11(14)5-7-12/h4-9H,1-3H3. The van der Waals surface area contributed by atoms with E-state index in [0.29, 0.717) is 6.04 Å². The minimum Gasteiger partial charge on any atom is -0.319 e. The number of thiazole rings is 1. The molecule has 0 amide bonds. The fourth-order valence-electron chi connectivity index (χ4n) is 1.74. The molecule has 0 spiro atoms. The third kappa shape index (κ3) is 2.79. The monoisotopic (exact) mass is 266 g/mol. The van der Waals surface area contributed by atoms with Gasteiger partial charge in [-0.25, -0.2) is 4.99 Å². The van der Waals surface area contributed by atoms with Gasteiger partial charge in [0.1, 0.15) is 0 Å². The van der Waals surface area contributed by atoms with Crippen LogP contribution in [0.3, 0.4) is 0 Å². The summed E-state index contributed by atoms with van der Waals surface area (Å²) in [4.78, 5) is 5.67. The molecule has 1 aromatic carbocycles. The van der Waals surface area contributed by atoms with Gasteiger partial charge in [-0.05, 0) is 45.0 Å². The molecule has 0 unspecified atom stereocenters. The van der Waals surface area contributed by atoms with Crippen molar-refractivity contribution in [3.8, 4) is 0 Å². The Morgan fingerprint density at radius 3 is 2.47 bits per heavy atom. The molecule has 0 aliphatic heterocycles. The largest absolute Gasteiger partial charge is 0.319 e. The van der Waals surface area contributed by atoms with Crippen LogP contribution in [-0.2, 0) is 0 Å². The predicted octanol–water partition coefficient (Wildman–Crippen LogP) is 4.32. The van der Waals surface area contributed by atoms with E-state index in [9.17, 15) is 0 Å². The first kappa shape index (κ1) is 12.4. The molecule has 0 radical (unpaired) electrons. The summed E-state index contributed by atoms with van der Waals surface area (Å²) in [5.74, 6) is 0. The van der Waals surface area contributed by atoms with Crippen LogP contribution in [0.25, 0.3) is 0 Å². The van der Waals surface area contributed by atoms with E-state index < -0.39 is 0 Å². The van der Waals surface area contributed by atoms with Gasteiger partial charge >= 0.3 is 0 Å². The van der Waals surface area contributed by atoms with E-state index in [1.54, 1.807) is 11.3 Å². The van der Waals surface area contributed by atoms with Gasteiger partial charge in [-0.2, -0.15) is 0 Å². The SMILES string of the molecule is Cc1csc(=Nc2ccc(Cl)cc2)n1C(C)C. The van der Waals surface area contributed by atoms with Crippen molar-refractivity contribution in [2.75, 3.05) is 0 Å². The lowest BCUT2D eigenvalue weighted by atomic mass is 10.3. The van der Waals surface area contributed by atoms with Crippen LogP contribution in [0.5, 0.6) is 0 Å². The van der Waals surface area contributed by atoms with Gasteiger partial charge in [-0.3, -0.25) is 0 Å². The third-order valence-corrected chi connectivity index (χ3v) is 3.70. The molecule has 17 heavy (non-hydrogen) atoms. The molecule has 0 atom stereocenters. The summed E-state index contributed by atoms with van der Waals surface area (Å²) >= 11 is 7.52. The first-order valence-electron chi connectivity index (χ1n) is 5.55. The molecule has 0 saturated carbocycles. The quantitative estimate of drug-likeness (QED) is 0.770. The van der Waals surface area contributed by atoms with Crippen LogP contribution in [0.1, 0.15) is 25.6 Å². The zero-order chi connectivity index (χ0) is 12.4. The Bertz CT molecular complexity index is 564. The zero-order valence-corrected chi connectivity index (χ0v) is 11.7. The molecule has 2 nitrogen and oxygen atoms in total. The maximum Gasteiger partial charge on any atom is 0.190 e. The van der Waals surface area contributed by atoms with E-state index >= 15 is 0 Å². The predicted molar refractivity (Wildman–Crippen MR) is 74.1 cm³/mol. The van der Waals surface area contributed by atoms with Crippen molar-refractivity contribution < 1.29 is 0 Å². The smallest absolute Gasteiger partial charge is 0.190 e. The number of hydrogen-bond acceptors (Lipinski definition) is 2. The number of halogens is 1. The summed E-state index contributed by atoms with van der Waals surface area (Å²) in [6, 6.07) is 8.01. The van der Waals surface area contributed by atoms with Crippen LogP contribution in [0.4, 0.5) is 5.69 Å². The second-order valence-corrected chi connectivity index (χ2v) is 5.48. The Morgan fingerprint density at radius 1 is 1.24 bits per heavy atom. The molecule has 0 fully saturated rings. The molecule has 0 aliphatic carbocycles. The van der Waals surface area contributed by atoms with E-state index in [1.165, 1.54) is 5.69 Å². The number of aromatic nitrogens is 1. The summed E-state index contributed by atoms with van der Waals surface area (Å²) in [5.41, 5.74) is 2.18. The molecule has 4 heteroatoms. The topological polar surface area (TPSA) is 17.3 Å². The molecular weight excluding hydrogens is 252 g/mol. The van der Waals surface area contributed by atoms with Gasteiger partial charge in [0.2, 0.25) is 0 Å². The number of aryl methyl sites for hydroxylation is 1. The van der Waals surface area contributed by atoms with Crippen LogP contribution in [-0.4, -0.2) is 4.57 Å². The van der Waals surface area contributed by atoms with Gasteiger partial charge in [0.25, 0.3) is 0 Å². The molecule has 0 saturated heterocycles. The first-order chi connectivity index (χ1) is 8.08. The van der Waals surface area contributed by atoms with Crippen molar-refractivity contribution in [2.45, 2.75) is 26.8 Å². The average molecular weight is 267 g/mol. The van der Waals surface area contributed by atoms with Crippen molar-refractivity contribution in [1.82, 2.24) is 4.57 Å². The highest BCUT2D eigenvalue weighted by molar-refractivity contribution is 7.07. The summed E-state index contributed by atoms with van der Waals surface area (Å²) in [6.45, 7) is 6.44. The maximum atomic E-state index is 5.86. The van der Waals surface area contributed by atoms with Crippen LogP contribution in [0.15, 0.2) is 34.6 Å². The second kappa shape index (κ2) is 5.07. The molecule has 0 aliphatic rings. The van der Waals surface area contributed by atoms with Crippen molar-refractivity contribution in [1.29, 1.82) is 0 Å². The van der Waals surface area contributed by atoms with E-state index in [1.807, 2.05) is 24.3 Å². The van der Waals surface area contributed by atoms with E-state index in [4.69, 9.17) is 11.6 Å². The van der Waals surface area contributed by atoms with Gasteiger partial charge in [0.15, 0.2) is 4.80 Å². The average Bonchev–Trinajstić information content (AvgIpc) is 2.63. The minimum atomic E-state index is 0.423. The zero-order valence-electron chi connectivity index (χ0n) is 10.1. The molecule has 90 valence electrons. The Balaban J connectivity index is 2.50. The highest BCUT2D eigenvalue weighted by atomic mass is 35.5. The molecule has 1 heterocycles. The number of rotatable bonds is 2. The van der Waals surface area contributed by atoms with Gasteiger partial charge in [0.05, 0.1) is 5.69 Å². The van der Waals surface area contributed by atoms with Crippen molar-refractivity contribution in [3.05, 3.63) is 45.2 Å². The Labute approximate surface area is 110 Å². The Hall–Kier alpha value is -1.06. The van der Waals surface area contributed by atoms with Gasteiger partial charge in [-0.15, -0.1) is 11.3 Å². The summed E-state index contributed by atoms with van der Waals surface area (Å²) < 4.78 is 2.24. The van der Waals surface area contributed by atoms with Gasteiger partial charge in [-0.1, -0.05) is 11.6 Å². The maximum absolute atomic E-state index is 5.86. The van der Waals surface area contributed by atoms with Gasteiger partial charge < -0.3 is 4.57 Å². The van der Waals surface area contributed by atoms with Crippen LogP contribution in [0, 0.1) is 6.92 Å². The molecule has 2 rings (SSSR count). The summed E-state index contributed by atoms with van der Waals surface area (Å²) in [5, 5.41) is 2.87. The van der Waals surface area contributed by atoms with Crippen LogP contribution >= 0.6 is 22.9 Å². The number of benzene rings is 1. The van der Waals surface area contributed by atoms with E-state index in [2.05, 4.69) is 35.7 Å².